The number of carboxylic acid groups (broad SMARTS) is 1. The van der Waals surface area contributed by atoms with E-state index in [1.807, 2.05) is 6.92 Å². The van der Waals surface area contributed by atoms with Crippen molar-refractivity contribution in [2.45, 2.75) is 44.5 Å². The fourth-order valence-electron chi connectivity index (χ4n) is 2.74. The monoisotopic (exact) mass is 367 g/mol. The summed E-state index contributed by atoms with van der Waals surface area (Å²) in [6, 6.07) is 4.78. The smallest absolute Gasteiger partial charge is 0.328 e. The van der Waals surface area contributed by atoms with Crippen molar-refractivity contribution < 1.29 is 19.1 Å². The summed E-state index contributed by atoms with van der Waals surface area (Å²) >= 11 is 1.27. The van der Waals surface area contributed by atoms with Crippen molar-refractivity contribution in [3.8, 4) is 0 Å². The third-order valence-electron chi connectivity index (χ3n) is 4.11. The molecular weight excluding hydrogens is 345 g/mol. The lowest BCUT2D eigenvalue weighted by molar-refractivity contribution is -0.151. The molecule has 0 aliphatic carbocycles. The molecule has 0 radical (unpaired) electrons. The van der Waals surface area contributed by atoms with Gasteiger partial charge in [-0.2, -0.15) is 4.99 Å². The van der Waals surface area contributed by atoms with Gasteiger partial charge >= 0.3 is 5.97 Å². The number of likely N-dealkylation sites (N-methyl/N-ethyl adjacent to an activating group) is 1. The molecule has 1 amide bonds. The Morgan fingerprint density at radius 1 is 1.36 bits per heavy atom. The van der Waals surface area contributed by atoms with E-state index in [1.165, 1.54) is 23.9 Å². The summed E-state index contributed by atoms with van der Waals surface area (Å²) < 4.78 is 13.0. The summed E-state index contributed by atoms with van der Waals surface area (Å²) in [5.74, 6) is -1.09. The van der Waals surface area contributed by atoms with Gasteiger partial charge in [0.25, 0.3) is 5.91 Å². The highest BCUT2D eigenvalue weighted by molar-refractivity contribution is 8.13. The average Bonchev–Trinajstić information content (AvgIpc) is 2.57. The summed E-state index contributed by atoms with van der Waals surface area (Å²) in [7, 11) is 1.71. The number of aliphatic carboxylic acids is 1. The Bertz CT molecular complexity index is 666. The predicted octanol–water partition coefficient (Wildman–Crippen LogP) is 2.75. The molecule has 136 valence electrons. The molecule has 0 saturated carbocycles. The molecule has 1 N–H and O–H groups in total. The average molecular weight is 367 g/mol. The SMILES string of the molecule is CCC1C(=O)N=C(SCc2ccc(F)cc2)N(C(CC)C(=O)O)N1C. The minimum Gasteiger partial charge on any atom is -0.480 e. The van der Waals surface area contributed by atoms with Crippen LogP contribution in [-0.2, 0) is 15.3 Å². The molecule has 25 heavy (non-hydrogen) atoms. The van der Waals surface area contributed by atoms with E-state index in [9.17, 15) is 19.1 Å². The Kier molecular flexibility index (Phi) is 6.55. The standard InChI is InChI=1S/C17H22FN3O3S/c1-4-13-15(22)19-17(21(20(13)3)14(5-2)16(23)24)25-10-11-6-8-12(18)9-7-11/h6-9,13-14H,4-5,10H2,1-3H3,(H,23,24). The van der Waals surface area contributed by atoms with Crippen molar-refractivity contribution in [3.05, 3.63) is 35.6 Å². The van der Waals surface area contributed by atoms with E-state index in [1.54, 1.807) is 36.1 Å². The number of aliphatic imine (C=N–C) groups is 1. The molecule has 0 fully saturated rings. The summed E-state index contributed by atoms with van der Waals surface area (Å²) in [6.07, 6.45) is 0.918. The zero-order valence-electron chi connectivity index (χ0n) is 14.5. The van der Waals surface area contributed by atoms with Gasteiger partial charge in [-0.3, -0.25) is 9.80 Å². The van der Waals surface area contributed by atoms with Crippen molar-refractivity contribution >= 4 is 28.8 Å². The van der Waals surface area contributed by atoms with Crippen LogP contribution in [0.4, 0.5) is 4.39 Å². The third kappa shape index (κ3) is 4.38. The number of hydrogen-bond acceptors (Lipinski definition) is 5. The first-order valence-electron chi connectivity index (χ1n) is 8.13. The van der Waals surface area contributed by atoms with Crippen LogP contribution in [0.5, 0.6) is 0 Å². The normalized spacial score (nSPS) is 19.7. The maximum atomic E-state index is 13.0. The van der Waals surface area contributed by atoms with Gasteiger partial charge in [0.1, 0.15) is 17.9 Å². The molecule has 1 heterocycles. The molecule has 8 heteroatoms. The van der Waals surface area contributed by atoms with Crippen LogP contribution >= 0.6 is 11.8 Å². The zero-order chi connectivity index (χ0) is 18.6. The third-order valence-corrected chi connectivity index (χ3v) is 5.13. The van der Waals surface area contributed by atoms with Gasteiger partial charge in [-0.25, -0.2) is 14.2 Å². The fourth-order valence-corrected chi connectivity index (χ4v) is 3.77. The van der Waals surface area contributed by atoms with E-state index < -0.39 is 18.1 Å². The highest BCUT2D eigenvalue weighted by Gasteiger charge is 2.39. The summed E-state index contributed by atoms with van der Waals surface area (Å²) in [4.78, 5) is 28.1. The Morgan fingerprint density at radius 2 is 2.00 bits per heavy atom. The lowest BCUT2D eigenvalue weighted by atomic mass is 10.1. The second-order valence-electron chi connectivity index (χ2n) is 5.75. The van der Waals surface area contributed by atoms with Crippen LogP contribution in [0, 0.1) is 5.82 Å². The second kappa shape index (κ2) is 8.44. The minimum absolute atomic E-state index is 0.275. The lowest BCUT2D eigenvalue weighted by Gasteiger charge is -2.43. The Labute approximate surface area is 150 Å². The number of amidine groups is 1. The number of carbonyl (C=O) groups is 2. The molecule has 0 aromatic heterocycles. The van der Waals surface area contributed by atoms with Crippen molar-refractivity contribution in [1.29, 1.82) is 0 Å². The van der Waals surface area contributed by atoms with Crippen LogP contribution in [0.15, 0.2) is 29.3 Å². The van der Waals surface area contributed by atoms with E-state index >= 15 is 0 Å². The van der Waals surface area contributed by atoms with E-state index in [-0.39, 0.29) is 11.7 Å². The van der Waals surface area contributed by atoms with Gasteiger partial charge < -0.3 is 5.11 Å². The molecule has 1 aromatic rings. The molecule has 0 bridgehead atoms. The number of nitrogens with zero attached hydrogens (tertiary/aromatic N) is 3. The topological polar surface area (TPSA) is 73.2 Å². The molecule has 2 atom stereocenters. The largest absolute Gasteiger partial charge is 0.480 e. The number of carboxylic acids is 1. The van der Waals surface area contributed by atoms with Crippen LogP contribution in [0.25, 0.3) is 0 Å². The molecule has 1 aliphatic heterocycles. The van der Waals surface area contributed by atoms with E-state index in [2.05, 4.69) is 4.99 Å². The van der Waals surface area contributed by atoms with Gasteiger partial charge in [-0.15, -0.1) is 0 Å². The van der Waals surface area contributed by atoms with Gasteiger partial charge in [0.15, 0.2) is 5.17 Å². The maximum Gasteiger partial charge on any atom is 0.328 e. The van der Waals surface area contributed by atoms with Crippen molar-refractivity contribution in [2.24, 2.45) is 4.99 Å². The number of amides is 1. The molecule has 0 saturated heterocycles. The number of carbonyl (C=O) groups excluding carboxylic acids is 1. The van der Waals surface area contributed by atoms with Crippen molar-refractivity contribution in [1.82, 2.24) is 10.0 Å². The number of thioether (sulfide) groups is 1. The van der Waals surface area contributed by atoms with E-state index in [4.69, 9.17) is 0 Å². The summed E-state index contributed by atoms with van der Waals surface area (Å²) in [5, 5.41) is 13.2. The van der Waals surface area contributed by atoms with Crippen LogP contribution in [0.3, 0.4) is 0 Å². The van der Waals surface area contributed by atoms with Gasteiger partial charge in [0, 0.05) is 12.8 Å². The van der Waals surface area contributed by atoms with Crippen molar-refractivity contribution in [2.75, 3.05) is 7.05 Å². The first-order valence-corrected chi connectivity index (χ1v) is 9.12. The van der Waals surface area contributed by atoms with Crippen LogP contribution in [0.1, 0.15) is 32.3 Å². The number of hydrogen-bond donors (Lipinski definition) is 1. The van der Waals surface area contributed by atoms with Gasteiger partial charge in [-0.1, -0.05) is 37.7 Å². The second-order valence-corrected chi connectivity index (χ2v) is 6.69. The van der Waals surface area contributed by atoms with E-state index in [0.717, 1.165) is 5.56 Å². The number of rotatable bonds is 6. The number of benzene rings is 1. The van der Waals surface area contributed by atoms with Crippen LogP contribution in [-0.4, -0.2) is 51.3 Å². The molecule has 0 spiro atoms. The quantitative estimate of drug-likeness (QED) is 0.833. The number of halogens is 1. The Hall–Kier alpha value is -1.93. The van der Waals surface area contributed by atoms with Gasteiger partial charge in [0.05, 0.1) is 0 Å². The highest BCUT2D eigenvalue weighted by atomic mass is 32.2. The van der Waals surface area contributed by atoms with Gasteiger partial charge in [-0.05, 0) is 30.5 Å². The van der Waals surface area contributed by atoms with Crippen LogP contribution in [0.2, 0.25) is 0 Å². The van der Waals surface area contributed by atoms with Crippen molar-refractivity contribution in [3.63, 3.8) is 0 Å². The lowest BCUT2D eigenvalue weighted by Crippen LogP contribution is -2.60. The number of hydrazine groups is 1. The van der Waals surface area contributed by atoms with Gasteiger partial charge in [0.2, 0.25) is 0 Å². The highest BCUT2D eigenvalue weighted by Crippen LogP contribution is 2.26. The molecule has 2 rings (SSSR count). The molecule has 1 aliphatic rings. The first kappa shape index (κ1) is 19.4. The van der Waals surface area contributed by atoms with E-state index in [0.29, 0.717) is 23.8 Å². The predicted molar refractivity (Wildman–Crippen MR) is 95.5 cm³/mol. The Balaban J connectivity index is 2.27. The zero-order valence-corrected chi connectivity index (χ0v) is 15.3. The molecule has 6 nitrogen and oxygen atoms in total. The summed E-state index contributed by atoms with van der Waals surface area (Å²) in [6.45, 7) is 3.65. The summed E-state index contributed by atoms with van der Waals surface area (Å²) in [5.41, 5.74) is 0.866. The first-order chi connectivity index (χ1) is 11.9. The molecule has 1 aromatic carbocycles. The maximum absolute atomic E-state index is 13.0. The van der Waals surface area contributed by atoms with Crippen LogP contribution < -0.4 is 0 Å². The molecular formula is C17H22FN3O3S. The molecule has 2 unspecified atom stereocenters. The minimum atomic E-state index is -0.964. The fraction of sp³-hybridized carbons (Fsp3) is 0.471. The Morgan fingerprint density at radius 3 is 2.52 bits per heavy atom.